The molecule has 2 unspecified atom stereocenters. The van der Waals surface area contributed by atoms with Gasteiger partial charge in [0.1, 0.15) is 6.04 Å². The standard InChI is InChI=1S/C12H15ClN2/c1-3-9(2)12(8-14)15-11-6-4-5-10(13)7-11/h4-7,9,12,15H,3H2,1-2H3. The molecule has 80 valence electrons. The average molecular weight is 223 g/mol. The molecule has 0 fully saturated rings. The van der Waals surface area contributed by atoms with Crippen molar-refractivity contribution in [2.75, 3.05) is 5.32 Å². The van der Waals surface area contributed by atoms with Crippen molar-refractivity contribution in [3.8, 4) is 6.07 Å². The summed E-state index contributed by atoms with van der Waals surface area (Å²) in [5.41, 5.74) is 0.898. The molecular formula is C12H15ClN2. The van der Waals surface area contributed by atoms with Gasteiger partial charge in [0.25, 0.3) is 0 Å². The second-order valence-corrected chi connectivity index (χ2v) is 4.08. The molecule has 0 saturated carbocycles. The molecule has 2 nitrogen and oxygen atoms in total. The van der Waals surface area contributed by atoms with E-state index in [9.17, 15) is 0 Å². The number of hydrogen-bond donors (Lipinski definition) is 1. The van der Waals surface area contributed by atoms with Crippen molar-refractivity contribution in [3.63, 3.8) is 0 Å². The zero-order valence-corrected chi connectivity index (χ0v) is 9.75. The van der Waals surface area contributed by atoms with Crippen LogP contribution in [0.5, 0.6) is 0 Å². The third-order valence-electron chi connectivity index (χ3n) is 2.50. The molecule has 0 radical (unpaired) electrons. The minimum absolute atomic E-state index is 0.159. The van der Waals surface area contributed by atoms with Crippen LogP contribution in [0.15, 0.2) is 24.3 Å². The van der Waals surface area contributed by atoms with Crippen molar-refractivity contribution in [1.82, 2.24) is 0 Å². The van der Waals surface area contributed by atoms with Crippen LogP contribution in [-0.4, -0.2) is 6.04 Å². The summed E-state index contributed by atoms with van der Waals surface area (Å²) < 4.78 is 0. The number of hydrogen-bond acceptors (Lipinski definition) is 2. The number of nitrogens with zero attached hydrogens (tertiary/aromatic N) is 1. The quantitative estimate of drug-likeness (QED) is 0.844. The Bertz CT molecular complexity index is 357. The maximum absolute atomic E-state index is 9.01. The summed E-state index contributed by atoms with van der Waals surface area (Å²) in [5.74, 6) is 0.328. The van der Waals surface area contributed by atoms with Gasteiger partial charge >= 0.3 is 0 Å². The zero-order chi connectivity index (χ0) is 11.3. The Balaban J connectivity index is 2.72. The molecule has 1 aromatic rings. The molecule has 0 spiro atoms. The van der Waals surface area contributed by atoms with Gasteiger partial charge in [-0.05, 0) is 24.1 Å². The van der Waals surface area contributed by atoms with Crippen LogP contribution in [0.4, 0.5) is 5.69 Å². The van der Waals surface area contributed by atoms with Gasteiger partial charge in [-0.15, -0.1) is 0 Å². The fourth-order valence-electron chi connectivity index (χ4n) is 1.30. The number of nitrogens with one attached hydrogen (secondary N) is 1. The van der Waals surface area contributed by atoms with Crippen molar-refractivity contribution in [3.05, 3.63) is 29.3 Å². The van der Waals surface area contributed by atoms with Gasteiger partial charge in [-0.1, -0.05) is 37.9 Å². The highest BCUT2D eigenvalue weighted by Gasteiger charge is 2.14. The average Bonchev–Trinajstić information content (AvgIpc) is 2.25. The number of nitriles is 1. The summed E-state index contributed by atoms with van der Waals surface area (Å²) in [6.07, 6.45) is 0.978. The first-order valence-corrected chi connectivity index (χ1v) is 5.47. The van der Waals surface area contributed by atoms with E-state index in [4.69, 9.17) is 16.9 Å². The maximum atomic E-state index is 9.01. The second kappa shape index (κ2) is 5.63. The molecule has 1 rings (SSSR count). The van der Waals surface area contributed by atoms with E-state index in [0.717, 1.165) is 12.1 Å². The van der Waals surface area contributed by atoms with E-state index < -0.39 is 0 Å². The molecule has 3 heteroatoms. The molecule has 2 atom stereocenters. The minimum atomic E-state index is -0.159. The summed E-state index contributed by atoms with van der Waals surface area (Å²) in [6, 6.07) is 9.54. The second-order valence-electron chi connectivity index (χ2n) is 3.65. The van der Waals surface area contributed by atoms with Gasteiger partial charge in [-0.25, -0.2) is 0 Å². The lowest BCUT2D eigenvalue weighted by Gasteiger charge is -2.18. The van der Waals surface area contributed by atoms with Crippen molar-refractivity contribution >= 4 is 17.3 Å². The van der Waals surface area contributed by atoms with Crippen LogP contribution < -0.4 is 5.32 Å². The largest absolute Gasteiger partial charge is 0.370 e. The molecule has 0 aromatic heterocycles. The Morgan fingerprint density at radius 3 is 2.80 bits per heavy atom. The molecule has 0 bridgehead atoms. The Labute approximate surface area is 95.9 Å². The van der Waals surface area contributed by atoms with Crippen LogP contribution in [0, 0.1) is 17.2 Å². The Kier molecular flexibility index (Phi) is 4.45. The van der Waals surface area contributed by atoms with Crippen molar-refractivity contribution < 1.29 is 0 Å². The van der Waals surface area contributed by atoms with Gasteiger partial charge in [0.05, 0.1) is 6.07 Å². The van der Waals surface area contributed by atoms with Gasteiger partial charge in [0.15, 0.2) is 0 Å². The van der Waals surface area contributed by atoms with Crippen molar-refractivity contribution in [2.24, 2.45) is 5.92 Å². The highest BCUT2D eigenvalue weighted by Crippen LogP contribution is 2.18. The highest BCUT2D eigenvalue weighted by molar-refractivity contribution is 6.30. The third kappa shape index (κ3) is 3.45. The fraction of sp³-hybridized carbons (Fsp3) is 0.417. The molecule has 0 saturated heterocycles. The zero-order valence-electron chi connectivity index (χ0n) is 9.00. The van der Waals surface area contributed by atoms with E-state index in [1.165, 1.54) is 0 Å². The smallest absolute Gasteiger partial charge is 0.117 e. The molecule has 0 amide bonds. The summed E-state index contributed by atoms with van der Waals surface area (Å²) >= 11 is 5.86. The van der Waals surface area contributed by atoms with Crippen LogP contribution >= 0.6 is 11.6 Å². The predicted octanol–water partition coefficient (Wildman–Crippen LogP) is 3.69. The van der Waals surface area contributed by atoms with Gasteiger partial charge in [0, 0.05) is 10.7 Å². The maximum Gasteiger partial charge on any atom is 0.117 e. The van der Waals surface area contributed by atoms with Crippen LogP contribution in [0.2, 0.25) is 5.02 Å². The van der Waals surface area contributed by atoms with E-state index in [2.05, 4.69) is 25.2 Å². The van der Waals surface area contributed by atoms with E-state index in [1.54, 1.807) is 0 Å². The normalized spacial score (nSPS) is 14.0. The summed E-state index contributed by atoms with van der Waals surface area (Å²) in [7, 11) is 0. The third-order valence-corrected chi connectivity index (χ3v) is 2.73. The summed E-state index contributed by atoms with van der Waals surface area (Å²) in [5, 5.41) is 12.9. The molecule has 1 aromatic carbocycles. The first-order chi connectivity index (χ1) is 7.17. The van der Waals surface area contributed by atoms with Gasteiger partial charge in [0.2, 0.25) is 0 Å². The number of rotatable bonds is 4. The van der Waals surface area contributed by atoms with E-state index in [-0.39, 0.29) is 6.04 Å². The molecule has 0 aliphatic carbocycles. The number of anilines is 1. The van der Waals surface area contributed by atoms with E-state index in [1.807, 2.05) is 24.3 Å². The lowest BCUT2D eigenvalue weighted by molar-refractivity contribution is 0.533. The molecule has 15 heavy (non-hydrogen) atoms. The van der Waals surface area contributed by atoms with Crippen LogP contribution in [0.25, 0.3) is 0 Å². The van der Waals surface area contributed by atoms with Gasteiger partial charge < -0.3 is 5.32 Å². The lowest BCUT2D eigenvalue weighted by Crippen LogP contribution is -2.24. The van der Waals surface area contributed by atoms with Crippen LogP contribution in [0.3, 0.4) is 0 Å². The van der Waals surface area contributed by atoms with Crippen LogP contribution in [0.1, 0.15) is 20.3 Å². The monoisotopic (exact) mass is 222 g/mol. The molecular weight excluding hydrogens is 208 g/mol. The molecule has 0 heterocycles. The Morgan fingerprint density at radius 2 is 2.27 bits per heavy atom. The van der Waals surface area contributed by atoms with Gasteiger partial charge in [-0.3, -0.25) is 0 Å². The summed E-state index contributed by atoms with van der Waals surface area (Å²) in [6.45, 7) is 4.14. The van der Waals surface area contributed by atoms with E-state index in [0.29, 0.717) is 10.9 Å². The Morgan fingerprint density at radius 1 is 1.53 bits per heavy atom. The first kappa shape index (κ1) is 11.9. The number of benzene rings is 1. The predicted molar refractivity (Wildman–Crippen MR) is 63.9 cm³/mol. The fourth-order valence-corrected chi connectivity index (χ4v) is 1.49. The Hall–Kier alpha value is -1.20. The lowest BCUT2D eigenvalue weighted by atomic mass is 10.0. The van der Waals surface area contributed by atoms with Crippen LogP contribution in [-0.2, 0) is 0 Å². The molecule has 1 N–H and O–H groups in total. The molecule has 0 aliphatic heterocycles. The summed E-state index contributed by atoms with van der Waals surface area (Å²) in [4.78, 5) is 0. The number of halogens is 1. The molecule has 0 aliphatic rings. The van der Waals surface area contributed by atoms with Crippen molar-refractivity contribution in [1.29, 1.82) is 5.26 Å². The van der Waals surface area contributed by atoms with Crippen molar-refractivity contribution in [2.45, 2.75) is 26.3 Å². The minimum Gasteiger partial charge on any atom is -0.370 e. The SMILES string of the molecule is CCC(C)C(C#N)Nc1cccc(Cl)c1. The van der Waals surface area contributed by atoms with E-state index >= 15 is 0 Å². The topological polar surface area (TPSA) is 35.8 Å². The first-order valence-electron chi connectivity index (χ1n) is 5.09. The van der Waals surface area contributed by atoms with Gasteiger partial charge in [-0.2, -0.15) is 5.26 Å². The highest BCUT2D eigenvalue weighted by atomic mass is 35.5.